The molecule has 0 spiro atoms. The van der Waals surface area contributed by atoms with E-state index in [1.165, 1.54) is 0 Å². The summed E-state index contributed by atoms with van der Waals surface area (Å²) < 4.78 is 78.4. The molecule has 0 radical (unpaired) electrons. The Kier molecular flexibility index (Phi) is 19.5. The van der Waals surface area contributed by atoms with Crippen molar-refractivity contribution >= 4 is 40.6 Å². The standard InChI is InChI=1S/C58H66Cl3NO13/c1-37-48(72-55-53(68-34-42-27-17-8-18-28-42)49(66-32-40-23-13-6-14-24-40)45(36-69-55)65-31-39-21-11-5-12-22-39)52-54(75-57(2,3)74-52)56(70-37)73-50-43(29-46(63)58(59,60)61)71-44(35-64-30-38-19-9-4-10-20-38)47(62)51(50)67-33-41-25-15-7-16-26-41/h4-28,37,43-45,47-56H,29-36,62H2,1-3H3/t37?,43-,44-,45-,47?,48+,49?,50?,51?,52?,53?,54?,55+,56+/m1/s1. The molecule has 2 N–H and O–H groups in total. The maximum atomic E-state index is 13.6. The summed E-state index contributed by atoms with van der Waals surface area (Å²) in [6.07, 6.45) is -11.5. The molecule has 4 fully saturated rings. The number of hydrogen-bond acceptors (Lipinski definition) is 14. The van der Waals surface area contributed by atoms with E-state index < -0.39 is 101 Å². The van der Waals surface area contributed by atoms with Gasteiger partial charge in [0.1, 0.15) is 48.8 Å². The molecule has 0 amide bonds. The predicted octanol–water partition coefficient (Wildman–Crippen LogP) is 9.36. The van der Waals surface area contributed by atoms with Gasteiger partial charge in [-0.2, -0.15) is 0 Å². The summed E-state index contributed by atoms with van der Waals surface area (Å²) in [4.78, 5) is 13.6. The zero-order valence-electron chi connectivity index (χ0n) is 42.2. The molecule has 4 aliphatic rings. The third-order valence-corrected chi connectivity index (χ3v) is 14.3. The Labute approximate surface area is 454 Å². The number of benzene rings is 5. The van der Waals surface area contributed by atoms with E-state index in [0.717, 1.165) is 27.8 Å². The highest BCUT2D eigenvalue weighted by Crippen LogP contribution is 2.43. The lowest BCUT2D eigenvalue weighted by Crippen LogP contribution is -2.67. The first-order valence-corrected chi connectivity index (χ1v) is 26.6. The molecular weight excluding hydrogens is 1020 g/mol. The summed E-state index contributed by atoms with van der Waals surface area (Å²) in [5.41, 5.74) is 11.9. The predicted molar refractivity (Wildman–Crippen MR) is 280 cm³/mol. The van der Waals surface area contributed by atoms with Gasteiger partial charge in [-0.25, -0.2) is 0 Å². The monoisotopic (exact) mass is 1090 g/mol. The summed E-state index contributed by atoms with van der Waals surface area (Å²) in [5, 5.41) is 0. The molecule has 4 saturated heterocycles. The van der Waals surface area contributed by atoms with Crippen molar-refractivity contribution in [2.75, 3.05) is 13.2 Å². The van der Waals surface area contributed by atoms with Crippen molar-refractivity contribution in [2.45, 2.75) is 156 Å². The highest BCUT2D eigenvalue weighted by molar-refractivity contribution is 6.76. The van der Waals surface area contributed by atoms with Gasteiger partial charge in [0.2, 0.25) is 3.79 Å². The molecule has 75 heavy (non-hydrogen) atoms. The number of fused-ring (bicyclic) bond motifs is 1. The molecule has 17 heteroatoms. The smallest absolute Gasteiger partial charge is 0.248 e. The number of nitrogens with two attached hydrogens (primary N) is 1. The first-order chi connectivity index (χ1) is 36.3. The van der Waals surface area contributed by atoms with E-state index in [1.807, 2.05) is 172 Å². The number of halogens is 3. The van der Waals surface area contributed by atoms with Crippen molar-refractivity contribution < 1.29 is 61.6 Å². The number of ether oxygens (including phenoxy) is 12. The molecule has 5 aromatic rings. The van der Waals surface area contributed by atoms with Crippen LogP contribution in [-0.2, 0) is 94.7 Å². The Balaban J connectivity index is 0.985. The fraction of sp³-hybridized carbons (Fsp3) is 0.466. The van der Waals surface area contributed by atoms with Crippen molar-refractivity contribution in [3.63, 3.8) is 0 Å². The van der Waals surface area contributed by atoms with Crippen LogP contribution in [0.15, 0.2) is 152 Å². The number of carbonyl (C=O) groups excluding carboxylic acids is 1. The molecule has 4 heterocycles. The normalized spacial score (nSPS) is 30.7. The van der Waals surface area contributed by atoms with Gasteiger partial charge < -0.3 is 62.6 Å². The van der Waals surface area contributed by atoms with E-state index in [2.05, 4.69) is 0 Å². The summed E-state index contributed by atoms with van der Waals surface area (Å²) in [6.45, 7) is 6.97. The second-order valence-electron chi connectivity index (χ2n) is 19.7. The topological polar surface area (TPSA) is 154 Å². The number of ketones is 1. The number of rotatable bonds is 22. The Morgan fingerprint density at radius 3 is 1.53 bits per heavy atom. The molecule has 5 aromatic carbocycles. The van der Waals surface area contributed by atoms with Crippen molar-refractivity contribution in [1.29, 1.82) is 0 Å². The van der Waals surface area contributed by atoms with E-state index in [0.29, 0.717) is 13.2 Å². The Morgan fingerprint density at radius 2 is 1.01 bits per heavy atom. The van der Waals surface area contributed by atoms with Gasteiger partial charge in [0, 0.05) is 6.42 Å². The van der Waals surface area contributed by atoms with Crippen LogP contribution in [0.5, 0.6) is 0 Å². The summed E-state index contributed by atoms with van der Waals surface area (Å²) >= 11 is 18.6. The molecule has 4 aliphatic heterocycles. The van der Waals surface area contributed by atoms with Gasteiger partial charge >= 0.3 is 0 Å². The van der Waals surface area contributed by atoms with Crippen molar-refractivity contribution in [3.8, 4) is 0 Å². The van der Waals surface area contributed by atoms with Crippen LogP contribution in [-0.4, -0.2) is 114 Å². The van der Waals surface area contributed by atoms with E-state index in [9.17, 15) is 4.79 Å². The molecule has 14 atom stereocenters. The molecular formula is C58H66Cl3NO13. The average Bonchev–Trinajstić information content (AvgIpc) is 3.75. The minimum Gasteiger partial charge on any atom is -0.374 e. The zero-order valence-corrected chi connectivity index (χ0v) is 44.5. The number of hydrogen-bond donors (Lipinski definition) is 1. The van der Waals surface area contributed by atoms with Gasteiger partial charge in [0.25, 0.3) is 0 Å². The van der Waals surface area contributed by atoms with E-state index in [4.69, 9.17) is 97.4 Å². The van der Waals surface area contributed by atoms with Crippen molar-refractivity contribution in [1.82, 2.24) is 0 Å². The molecule has 9 rings (SSSR count). The fourth-order valence-corrected chi connectivity index (χ4v) is 10.1. The second-order valence-corrected chi connectivity index (χ2v) is 22.0. The number of alkyl halides is 3. The Bertz CT molecular complexity index is 2500. The van der Waals surface area contributed by atoms with E-state index in [1.54, 1.807) is 0 Å². The molecule has 0 aliphatic carbocycles. The van der Waals surface area contributed by atoms with Gasteiger partial charge in [-0.15, -0.1) is 0 Å². The fourth-order valence-electron chi connectivity index (χ4n) is 9.87. The highest BCUT2D eigenvalue weighted by Gasteiger charge is 2.59. The van der Waals surface area contributed by atoms with Gasteiger partial charge in [0.05, 0.1) is 70.6 Å². The summed E-state index contributed by atoms with van der Waals surface area (Å²) in [6, 6.07) is 48.3. The van der Waals surface area contributed by atoms with Gasteiger partial charge in [-0.05, 0) is 48.6 Å². The quantitative estimate of drug-likeness (QED) is 0.0655. The van der Waals surface area contributed by atoms with Crippen LogP contribution in [0.4, 0.5) is 0 Å². The average molecular weight is 1090 g/mol. The number of carbonyl (C=O) groups is 1. The van der Waals surface area contributed by atoms with Crippen LogP contribution >= 0.6 is 34.8 Å². The van der Waals surface area contributed by atoms with Crippen molar-refractivity contribution in [3.05, 3.63) is 179 Å². The second kappa shape index (κ2) is 26.2. The first kappa shape index (κ1) is 55.9. The van der Waals surface area contributed by atoms with Crippen LogP contribution in [0.3, 0.4) is 0 Å². The third-order valence-electron chi connectivity index (χ3n) is 13.6. The van der Waals surface area contributed by atoms with Gasteiger partial charge in [0.15, 0.2) is 24.2 Å². The minimum absolute atomic E-state index is 0.0651. The van der Waals surface area contributed by atoms with Crippen LogP contribution in [0.1, 0.15) is 55.0 Å². The third kappa shape index (κ3) is 15.0. The van der Waals surface area contributed by atoms with E-state index in [-0.39, 0.29) is 39.5 Å². The molecule has 14 nitrogen and oxygen atoms in total. The molecule has 8 unspecified atom stereocenters. The SMILES string of the molecule is CC1O[C@@H](OC2C(OCc3ccccc3)C(N)[C@@H](COCc3ccccc3)O[C@@H]2CC(=O)C(Cl)(Cl)Cl)C2OC(C)(C)OC2[C@H]1O[C@@H]1OC[C@@H](OCc2ccccc2)C(OCc2ccccc2)C1OCc1ccccc1. The summed E-state index contributed by atoms with van der Waals surface area (Å²) in [5.74, 6) is -1.84. The van der Waals surface area contributed by atoms with Crippen LogP contribution in [0.2, 0.25) is 0 Å². The summed E-state index contributed by atoms with van der Waals surface area (Å²) in [7, 11) is 0. The zero-order chi connectivity index (χ0) is 52.4. The lowest BCUT2D eigenvalue weighted by atomic mass is 9.90. The Hall–Kier alpha value is -3.88. The van der Waals surface area contributed by atoms with Crippen molar-refractivity contribution in [2.24, 2.45) is 5.73 Å². The van der Waals surface area contributed by atoms with Crippen LogP contribution in [0.25, 0.3) is 0 Å². The minimum atomic E-state index is -2.26. The maximum Gasteiger partial charge on any atom is 0.248 e. The van der Waals surface area contributed by atoms with Gasteiger partial charge in [-0.1, -0.05) is 186 Å². The maximum absolute atomic E-state index is 13.6. The molecule has 0 aromatic heterocycles. The largest absolute Gasteiger partial charge is 0.374 e. The number of Topliss-reactive ketones (excluding diaryl/α,β-unsaturated/α-hetero) is 1. The van der Waals surface area contributed by atoms with E-state index >= 15 is 0 Å². The lowest BCUT2D eigenvalue weighted by Gasteiger charge is -2.49. The van der Waals surface area contributed by atoms with Crippen LogP contribution in [0, 0.1) is 0 Å². The molecule has 0 bridgehead atoms. The Morgan fingerprint density at radius 1 is 0.560 bits per heavy atom. The lowest BCUT2D eigenvalue weighted by molar-refractivity contribution is -0.354. The molecule has 402 valence electrons. The highest BCUT2D eigenvalue weighted by atomic mass is 35.6. The molecule has 0 saturated carbocycles. The van der Waals surface area contributed by atoms with Gasteiger partial charge in [-0.3, -0.25) is 4.79 Å². The van der Waals surface area contributed by atoms with Crippen LogP contribution < -0.4 is 5.73 Å². The first-order valence-electron chi connectivity index (χ1n) is 25.5.